The predicted molar refractivity (Wildman–Crippen MR) is 98.5 cm³/mol. The molecule has 2 unspecified atom stereocenters. The molecule has 1 aromatic rings. The molecule has 0 fully saturated rings. The Hall–Kier alpha value is -1.40. The smallest absolute Gasteiger partial charge is 0.388 e. The average Bonchev–Trinajstić information content (AvgIpc) is 2.56. The highest BCUT2D eigenvalue weighted by Crippen LogP contribution is 2.42. The summed E-state index contributed by atoms with van der Waals surface area (Å²) in [6.45, 7) is 3.05. The second-order valence-corrected chi connectivity index (χ2v) is 9.01. The SMILES string of the molecule is CCSc1cc(C(F)(F)F)cnc1C(=O)NC1CC(SC(F)(F)F)=CCC1(C)O. The van der Waals surface area contributed by atoms with Gasteiger partial charge in [-0.2, -0.15) is 26.3 Å². The maximum absolute atomic E-state index is 12.9. The Bertz CT molecular complexity index is 793. The first kappa shape index (κ1) is 23.9. The van der Waals surface area contributed by atoms with E-state index in [0.717, 1.165) is 17.8 Å². The van der Waals surface area contributed by atoms with E-state index in [2.05, 4.69) is 10.3 Å². The number of hydrogen-bond donors (Lipinski definition) is 2. The molecular weight excluding hydrogens is 442 g/mol. The van der Waals surface area contributed by atoms with E-state index in [0.29, 0.717) is 11.9 Å². The van der Waals surface area contributed by atoms with Crippen molar-refractivity contribution in [2.24, 2.45) is 0 Å². The van der Waals surface area contributed by atoms with E-state index < -0.39 is 34.8 Å². The fraction of sp³-hybridized carbons (Fsp3) is 0.529. The number of alkyl halides is 6. The van der Waals surface area contributed by atoms with Gasteiger partial charge in [0.1, 0.15) is 5.69 Å². The summed E-state index contributed by atoms with van der Waals surface area (Å²) in [5.74, 6) is -0.488. The molecule has 0 bridgehead atoms. The van der Waals surface area contributed by atoms with Gasteiger partial charge >= 0.3 is 11.7 Å². The van der Waals surface area contributed by atoms with Crippen LogP contribution in [0.15, 0.2) is 28.1 Å². The lowest BCUT2D eigenvalue weighted by Crippen LogP contribution is -2.52. The Morgan fingerprint density at radius 3 is 2.55 bits per heavy atom. The monoisotopic (exact) mass is 460 g/mol. The minimum Gasteiger partial charge on any atom is -0.388 e. The second kappa shape index (κ2) is 8.76. The standard InChI is InChI=1S/C17H18F6N2O2S2/c1-3-28-11-6-9(16(18,19)20)8-24-13(11)14(26)25-12-7-10(29-17(21,22)23)4-5-15(12,2)27/h4,6,8,12,27H,3,5,7H2,1-2H3,(H,25,26). The number of nitrogens with zero attached hydrogens (tertiary/aromatic N) is 1. The van der Waals surface area contributed by atoms with Crippen molar-refractivity contribution in [1.29, 1.82) is 0 Å². The summed E-state index contributed by atoms with van der Waals surface area (Å²) in [5.41, 5.74) is -7.32. The Morgan fingerprint density at radius 1 is 1.34 bits per heavy atom. The number of carbonyl (C=O) groups is 1. The van der Waals surface area contributed by atoms with Crippen LogP contribution in [0.25, 0.3) is 0 Å². The maximum atomic E-state index is 12.9. The van der Waals surface area contributed by atoms with Crippen LogP contribution in [0.5, 0.6) is 0 Å². The predicted octanol–water partition coefficient (Wildman–Crippen LogP) is 4.99. The van der Waals surface area contributed by atoms with Crippen molar-refractivity contribution in [2.75, 3.05) is 5.75 Å². The first-order valence-corrected chi connectivity index (χ1v) is 10.2. The van der Waals surface area contributed by atoms with Crippen LogP contribution in [-0.4, -0.2) is 38.9 Å². The number of carbonyl (C=O) groups excluding carboxylic acids is 1. The van der Waals surface area contributed by atoms with Crippen LogP contribution >= 0.6 is 23.5 Å². The third kappa shape index (κ3) is 6.54. The first-order chi connectivity index (χ1) is 13.2. The normalized spacial score (nSPS) is 22.9. The summed E-state index contributed by atoms with van der Waals surface area (Å²) in [6, 6.07) is -0.256. The summed E-state index contributed by atoms with van der Waals surface area (Å²) in [4.78, 5) is 16.2. The van der Waals surface area contributed by atoms with Gasteiger partial charge in [0, 0.05) is 17.5 Å². The van der Waals surface area contributed by atoms with Crippen LogP contribution < -0.4 is 5.32 Å². The maximum Gasteiger partial charge on any atom is 0.446 e. The van der Waals surface area contributed by atoms with Gasteiger partial charge in [-0.3, -0.25) is 4.79 Å². The molecule has 1 heterocycles. The Kier molecular flexibility index (Phi) is 7.21. The van der Waals surface area contributed by atoms with E-state index in [-0.39, 0.29) is 40.1 Å². The number of rotatable bonds is 5. The van der Waals surface area contributed by atoms with Gasteiger partial charge < -0.3 is 10.4 Å². The molecule has 2 rings (SSSR count). The Balaban J connectivity index is 2.25. The van der Waals surface area contributed by atoms with Crippen molar-refractivity contribution in [2.45, 2.75) is 54.9 Å². The summed E-state index contributed by atoms with van der Waals surface area (Å²) >= 11 is 0.656. The molecule has 1 aliphatic rings. The Morgan fingerprint density at radius 2 is 2.00 bits per heavy atom. The van der Waals surface area contributed by atoms with Crippen LogP contribution in [0, 0.1) is 0 Å². The minimum atomic E-state index is -4.63. The van der Waals surface area contributed by atoms with E-state index in [1.54, 1.807) is 6.92 Å². The number of hydrogen-bond acceptors (Lipinski definition) is 5. The number of pyridine rings is 1. The van der Waals surface area contributed by atoms with Crippen molar-refractivity contribution >= 4 is 29.4 Å². The number of aromatic nitrogens is 1. The average molecular weight is 460 g/mol. The molecule has 2 N–H and O–H groups in total. The van der Waals surface area contributed by atoms with E-state index in [1.807, 2.05) is 0 Å². The summed E-state index contributed by atoms with van der Waals surface area (Å²) in [5, 5.41) is 12.9. The van der Waals surface area contributed by atoms with Gasteiger partial charge in [-0.05, 0) is 41.8 Å². The number of halogens is 6. The third-order valence-corrected chi connectivity index (χ3v) is 5.88. The van der Waals surface area contributed by atoms with Gasteiger partial charge in [0.05, 0.1) is 17.2 Å². The van der Waals surface area contributed by atoms with Crippen molar-refractivity contribution in [3.63, 3.8) is 0 Å². The van der Waals surface area contributed by atoms with Crippen molar-refractivity contribution in [3.8, 4) is 0 Å². The van der Waals surface area contributed by atoms with Gasteiger partial charge in [0.2, 0.25) is 0 Å². The van der Waals surface area contributed by atoms with Crippen LogP contribution in [-0.2, 0) is 6.18 Å². The van der Waals surface area contributed by atoms with E-state index in [1.165, 1.54) is 13.0 Å². The zero-order chi connectivity index (χ0) is 22.0. The lowest BCUT2D eigenvalue weighted by Gasteiger charge is -2.37. The topological polar surface area (TPSA) is 62.2 Å². The Labute approximate surface area is 171 Å². The van der Waals surface area contributed by atoms with Crippen LogP contribution in [0.4, 0.5) is 26.3 Å². The molecule has 0 aliphatic heterocycles. The molecule has 0 saturated heterocycles. The minimum absolute atomic E-state index is 0.00397. The van der Waals surface area contributed by atoms with E-state index in [4.69, 9.17) is 0 Å². The van der Waals surface area contributed by atoms with Gasteiger partial charge in [-0.25, -0.2) is 4.98 Å². The van der Waals surface area contributed by atoms with Gasteiger partial charge in [-0.15, -0.1) is 11.8 Å². The highest BCUT2D eigenvalue weighted by Gasteiger charge is 2.40. The van der Waals surface area contributed by atoms with Crippen molar-refractivity contribution in [1.82, 2.24) is 10.3 Å². The zero-order valence-electron chi connectivity index (χ0n) is 15.3. The molecule has 2 atom stereocenters. The molecule has 1 aromatic heterocycles. The summed E-state index contributed by atoms with van der Waals surface area (Å²) in [6.07, 6.45) is -3.23. The molecule has 0 aromatic carbocycles. The fourth-order valence-corrected chi connectivity index (χ4v) is 4.19. The largest absolute Gasteiger partial charge is 0.446 e. The molecule has 1 amide bonds. The molecule has 0 radical (unpaired) electrons. The molecule has 162 valence electrons. The lowest BCUT2D eigenvalue weighted by atomic mass is 9.86. The summed E-state index contributed by atoms with van der Waals surface area (Å²) < 4.78 is 76.6. The number of aliphatic hydroxyl groups is 1. The van der Waals surface area contributed by atoms with Crippen LogP contribution in [0.3, 0.4) is 0 Å². The van der Waals surface area contributed by atoms with Crippen LogP contribution in [0.1, 0.15) is 42.7 Å². The lowest BCUT2D eigenvalue weighted by molar-refractivity contribution is -0.138. The van der Waals surface area contributed by atoms with Crippen LogP contribution in [0.2, 0.25) is 0 Å². The fourth-order valence-electron chi connectivity index (χ4n) is 2.67. The molecule has 12 heteroatoms. The highest BCUT2D eigenvalue weighted by atomic mass is 32.2. The van der Waals surface area contributed by atoms with E-state index in [9.17, 15) is 36.2 Å². The molecule has 1 aliphatic carbocycles. The summed E-state index contributed by atoms with van der Waals surface area (Å²) in [7, 11) is 0. The van der Waals surface area contributed by atoms with Gasteiger partial charge in [0.25, 0.3) is 5.91 Å². The highest BCUT2D eigenvalue weighted by molar-refractivity contribution is 8.03. The zero-order valence-corrected chi connectivity index (χ0v) is 17.0. The molecule has 0 spiro atoms. The number of thioether (sulfide) groups is 2. The van der Waals surface area contributed by atoms with E-state index >= 15 is 0 Å². The first-order valence-electron chi connectivity index (χ1n) is 8.41. The molecular formula is C17H18F6N2O2S2. The molecule has 0 saturated carbocycles. The van der Waals surface area contributed by atoms with Gasteiger partial charge in [0.15, 0.2) is 0 Å². The molecule has 29 heavy (non-hydrogen) atoms. The number of nitrogens with one attached hydrogen (secondary N) is 1. The number of amides is 1. The van der Waals surface area contributed by atoms with Gasteiger partial charge in [-0.1, -0.05) is 13.0 Å². The van der Waals surface area contributed by atoms with Crippen molar-refractivity contribution in [3.05, 3.63) is 34.5 Å². The third-order valence-electron chi connectivity index (χ3n) is 4.15. The van der Waals surface area contributed by atoms with Crippen molar-refractivity contribution < 1.29 is 36.2 Å². The second-order valence-electron chi connectivity index (χ2n) is 6.51. The molecule has 4 nitrogen and oxygen atoms in total. The quantitative estimate of drug-likeness (QED) is 0.479.